The van der Waals surface area contributed by atoms with Crippen LogP contribution in [0.4, 0.5) is 0 Å². The van der Waals surface area contributed by atoms with Crippen LogP contribution in [0, 0.1) is 6.92 Å². The molecule has 2 nitrogen and oxygen atoms in total. The topological polar surface area (TPSA) is 40.5 Å². The molecule has 84 valence electrons. The molecule has 0 spiro atoms. The van der Waals surface area contributed by atoms with Gasteiger partial charge in [-0.1, -0.05) is 18.2 Å². The third-order valence-electron chi connectivity index (χ3n) is 2.54. The molecule has 1 aromatic carbocycles. The fourth-order valence-electron chi connectivity index (χ4n) is 1.99. The van der Waals surface area contributed by atoms with Crippen molar-refractivity contribution < 1.29 is 10.2 Å². The van der Waals surface area contributed by atoms with Crippen LogP contribution in [0.15, 0.2) is 18.2 Å². The average Bonchev–Trinajstić information content (AvgIpc) is 1.99. The first kappa shape index (κ1) is 12.2. The zero-order valence-corrected chi connectivity index (χ0v) is 10.1. The van der Waals surface area contributed by atoms with Gasteiger partial charge in [0.2, 0.25) is 0 Å². The van der Waals surface area contributed by atoms with E-state index in [-0.39, 0.29) is 0 Å². The van der Waals surface area contributed by atoms with E-state index in [0.717, 1.165) is 16.7 Å². The smallest absolute Gasteiger partial charge is 0.0846 e. The van der Waals surface area contributed by atoms with Gasteiger partial charge in [0, 0.05) is 0 Å². The highest BCUT2D eigenvalue weighted by Crippen LogP contribution is 2.33. The van der Waals surface area contributed by atoms with Crippen LogP contribution in [0.3, 0.4) is 0 Å². The minimum atomic E-state index is -0.930. The van der Waals surface area contributed by atoms with E-state index in [1.54, 1.807) is 27.7 Å². The summed E-state index contributed by atoms with van der Waals surface area (Å²) in [7, 11) is 0. The molecule has 0 radical (unpaired) electrons. The largest absolute Gasteiger partial charge is 0.386 e. The Kier molecular flexibility index (Phi) is 2.94. The molecule has 1 aromatic rings. The summed E-state index contributed by atoms with van der Waals surface area (Å²) in [6, 6.07) is 5.71. The minimum Gasteiger partial charge on any atom is -0.386 e. The van der Waals surface area contributed by atoms with E-state index in [2.05, 4.69) is 0 Å². The Morgan fingerprint density at radius 3 is 1.80 bits per heavy atom. The summed E-state index contributed by atoms with van der Waals surface area (Å²) in [5.41, 5.74) is 0.747. The third-order valence-corrected chi connectivity index (χ3v) is 2.54. The van der Waals surface area contributed by atoms with Gasteiger partial charge in [-0.15, -0.1) is 0 Å². The first-order valence-corrected chi connectivity index (χ1v) is 5.19. The molecule has 0 unspecified atom stereocenters. The van der Waals surface area contributed by atoms with E-state index >= 15 is 0 Å². The standard InChI is InChI=1S/C13H20O2/c1-9-7-6-8-10(12(2,3)14)11(9)13(4,5)15/h6-8,14-15H,1-5H3. The molecular weight excluding hydrogens is 188 g/mol. The highest BCUT2D eigenvalue weighted by Gasteiger charge is 2.28. The Labute approximate surface area is 91.6 Å². The molecule has 0 aliphatic heterocycles. The van der Waals surface area contributed by atoms with Gasteiger partial charge in [0.1, 0.15) is 0 Å². The second kappa shape index (κ2) is 3.62. The number of aliphatic hydroxyl groups is 2. The summed E-state index contributed by atoms with van der Waals surface area (Å²) in [6.45, 7) is 8.89. The molecule has 0 aromatic heterocycles. The molecule has 2 heteroatoms. The summed E-state index contributed by atoms with van der Waals surface area (Å²) >= 11 is 0. The SMILES string of the molecule is Cc1cccc(C(C)(C)O)c1C(C)(C)O. The Morgan fingerprint density at radius 2 is 1.47 bits per heavy atom. The lowest BCUT2D eigenvalue weighted by Crippen LogP contribution is -2.26. The summed E-state index contributed by atoms with van der Waals surface area (Å²) in [6.07, 6.45) is 0. The van der Waals surface area contributed by atoms with Gasteiger partial charge in [-0.25, -0.2) is 0 Å². The van der Waals surface area contributed by atoms with Crippen LogP contribution in [-0.2, 0) is 11.2 Å². The minimum absolute atomic E-state index is 0.787. The Morgan fingerprint density at radius 1 is 0.933 bits per heavy atom. The maximum atomic E-state index is 10.1. The third kappa shape index (κ3) is 2.58. The van der Waals surface area contributed by atoms with Gasteiger partial charge in [0.25, 0.3) is 0 Å². The quantitative estimate of drug-likeness (QED) is 0.783. The van der Waals surface area contributed by atoms with Crippen molar-refractivity contribution in [1.29, 1.82) is 0 Å². The Balaban J connectivity index is 3.48. The number of hydrogen-bond donors (Lipinski definition) is 2. The molecule has 15 heavy (non-hydrogen) atoms. The summed E-state index contributed by atoms with van der Waals surface area (Å²) in [5.74, 6) is 0. The van der Waals surface area contributed by atoms with Crippen LogP contribution in [0.2, 0.25) is 0 Å². The molecule has 2 N–H and O–H groups in total. The van der Waals surface area contributed by atoms with Crippen molar-refractivity contribution in [3.05, 3.63) is 34.9 Å². The highest BCUT2D eigenvalue weighted by atomic mass is 16.3. The van der Waals surface area contributed by atoms with Crippen molar-refractivity contribution >= 4 is 0 Å². The summed E-state index contributed by atoms with van der Waals surface area (Å²) in [5, 5.41) is 20.1. The molecule has 0 fully saturated rings. The fraction of sp³-hybridized carbons (Fsp3) is 0.538. The van der Waals surface area contributed by atoms with Crippen LogP contribution in [0.25, 0.3) is 0 Å². The molecule has 1 rings (SSSR count). The van der Waals surface area contributed by atoms with E-state index in [0.29, 0.717) is 0 Å². The normalized spacial score (nSPS) is 13.0. The first-order chi connectivity index (χ1) is 6.64. The highest BCUT2D eigenvalue weighted by molar-refractivity contribution is 5.41. The molecule has 0 atom stereocenters. The number of hydrogen-bond acceptors (Lipinski definition) is 2. The molecule has 0 heterocycles. The van der Waals surface area contributed by atoms with Crippen LogP contribution in [-0.4, -0.2) is 10.2 Å². The molecule has 0 saturated heterocycles. The van der Waals surface area contributed by atoms with Gasteiger partial charge in [-0.3, -0.25) is 0 Å². The van der Waals surface area contributed by atoms with Gasteiger partial charge in [-0.2, -0.15) is 0 Å². The van der Waals surface area contributed by atoms with E-state index < -0.39 is 11.2 Å². The van der Waals surface area contributed by atoms with Crippen LogP contribution < -0.4 is 0 Å². The molecule has 0 bridgehead atoms. The van der Waals surface area contributed by atoms with Crippen LogP contribution in [0.1, 0.15) is 44.4 Å². The summed E-state index contributed by atoms with van der Waals surface area (Å²) in [4.78, 5) is 0. The lowest BCUT2D eigenvalue weighted by atomic mass is 9.83. The number of benzene rings is 1. The van der Waals surface area contributed by atoms with Crippen molar-refractivity contribution in [2.75, 3.05) is 0 Å². The van der Waals surface area contributed by atoms with Gasteiger partial charge in [0.05, 0.1) is 11.2 Å². The zero-order valence-electron chi connectivity index (χ0n) is 10.1. The Hall–Kier alpha value is -0.860. The van der Waals surface area contributed by atoms with Gasteiger partial charge >= 0.3 is 0 Å². The van der Waals surface area contributed by atoms with Crippen LogP contribution >= 0.6 is 0 Å². The second-order valence-electron chi connectivity index (χ2n) is 5.12. The van der Waals surface area contributed by atoms with Crippen molar-refractivity contribution in [1.82, 2.24) is 0 Å². The van der Waals surface area contributed by atoms with Crippen molar-refractivity contribution in [3.63, 3.8) is 0 Å². The second-order valence-corrected chi connectivity index (χ2v) is 5.12. The van der Waals surface area contributed by atoms with Gasteiger partial charge in [0.15, 0.2) is 0 Å². The molecule has 0 amide bonds. The summed E-state index contributed by atoms with van der Waals surface area (Å²) < 4.78 is 0. The predicted octanol–water partition coefficient (Wildman–Crippen LogP) is 2.45. The van der Waals surface area contributed by atoms with E-state index in [1.807, 2.05) is 25.1 Å². The predicted molar refractivity (Wildman–Crippen MR) is 61.7 cm³/mol. The monoisotopic (exact) mass is 208 g/mol. The number of aryl methyl sites for hydroxylation is 1. The number of rotatable bonds is 2. The van der Waals surface area contributed by atoms with E-state index in [4.69, 9.17) is 0 Å². The van der Waals surface area contributed by atoms with Gasteiger partial charge < -0.3 is 10.2 Å². The van der Waals surface area contributed by atoms with Gasteiger partial charge in [-0.05, 0) is 51.3 Å². The molecular formula is C13H20O2. The van der Waals surface area contributed by atoms with Crippen molar-refractivity contribution in [3.8, 4) is 0 Å². The zero-order chi connectivity index (χ0) is 11.9. The average molecular weight is 208 g/mol. The Bertz CT molecular complexity index is 354. The van der Waals surface area contributed by atoms with E-state index in [9.17, 15) is 10.2 Å². The van der Waals surface area contributed by atoms with E-state index in [1.165, 1.54) is 0 Å². The van der Waals surface area contributed by atoms with Crippen molar-refractivity contribution in [2.24, 2.45) is 0 Å². The first-order valence-electron chi connectivity index (χ1n) is 5.19. The lowest BCUT2D eigenvalue weighted by molar-refractivity contribution is 0.0519. The maximum absolute atomic E-state index is 10.1. The lowest BCUT2D eigenvalue weighted by Gasteiger charge is -2.29. The fourth-order valence-corrected chi connectivity index (χ4v) is 1.99. The van der Waals surface area contributed by atoms with Crippen LogP contribution in [0.5, 0.6) is 0 Å². The molecule has 0 aliphatic rings. The molecule has 0 saturated carbocycles. The maximum Gasteiger partial charge on any atom is 0.0846 e. The molecule has 0 aliphatic carbocycles. The van der Waals surface area contributed by atoms with Crippen molar-refractivity contribution in [2.45, 2.75) is 45.8 Å².